The summed E-state index contributed by atoms with van der Waals surface area (Å²) in [5.74, 6) is 1.88. The molecule has 4 rings (SSSR count). The number of aromatic hydroxyl groups is 1. The SMILES string of the molecule is CCOc1ccc(O)c(-c2nc(Oc3ccc(C(C)(C)C)cc3)nc(-c3ccc(Cl)cc3)n2)c1. The molecule has 6 nitrogen and oxygen atoms in total. The van der Waals surface area contributed by atoms with Gasteiger partial charge in [-0.2, -0.15) is 9.97 Å². The van der Waals surface area contributed by atoms with Crippen LogP contribution < -0.4 is 9.47 Å². The molecule has 7 heteroatoms. The third kappa shape index (κ3) is 5.46. The first-order chi connectivity index (χ1) is 16.2. The minimum Gasteiger partial charge on any atom is -0.507 e. The Kier molecular flexibility index (Phi) is 6.70. The van der Waals surface area contributed by atoms with Crippen LogP contribution in [0.25, 0.3) is 22.8 Å². The number of rotatable bonds is 6. The number of hydrogen-bond acceptors (Lipinski definition) is 6. The quantitative estimate of drug-likeness (QED) is 0.322. The van der Waals surface area contributed by atoms with Crippen LogP contribution in [0.3, 0.4) is 0 Å². The first-order valence-electron chi connectivity index (χ1n) is 11.0. The lowest BCUT2D eigenvalue weighted by Gasteiger charge is -2.19. The zero-order valence-corrected chi connectivity index (χ0v) is 20.3. The van der Waals surface area contributed by atoms with Crippen LogP contribution in [-0.2, 0) is 5.41 Å². The molecule has 0 aliphatic carbocycles. The molecule has 3 aromatic carbocycles. The number of nitrogens with zero attached hydrogens (tertiary/aromatic N) is 3. The summed E-state index contributed by atoms with van der Waals surface area (Å²) in [6.45, 7) is 8.86. The van der Waals surface area contributed by atoms with Gasteiger partial charge in [-0.05, 0) is 72.5 Å². The fourth-order valence-corrected chi connectivity index (χ4v) is 3.46. The lowest BCUT2D eigenvalue weighted by Crippen LogP contribution is -2.10. The smallest absolute Gasteiger partial charge is 0.326 e. The Hall–Kier alpha value is -3.64. The van der Waals surface area contributed by atoms with E-state index >= 15 is 0 Å². The van der Waals surface area contributed by atoms with Gasteiger partial charge in [-0.1, -0.05) is 44.5 Å². The molecule has 1 N–H and O–H groups in total. The highest BCUT2D eigenvalue weighted by Gasteiger charge is 2.17. The van der Waals surface area contributed by atoms with E-state index in [9.17, 15) is 5.11 Å². The van der Waals surface area contributed by atoms with Crippen LogP contribution in [0.1, 0.15) is 33.3 Å². The third-order valence-corrected chi connectivity index (χ3v) is 5.42. The van der Waals surface area contributed by atoms with Crippen molar-refractivity contribution in [2.75, 3.05) is 6.61 Å². The molecule has 1 heterocycles. The Bertz CT molecular complexity index is 1280. The Morgan fingerprint density at radius 1 is 0.824 bits per heavy atom. The molecule has 0 bridgehead atoms. The molecular weight excluding hydrogens is 450 g/mol. The van der Waals surface area contributed by atoms with Crippen LogP contribution in [0, 0.1) is 0 Å². The van der Waals surface area contributed by atoms with E-state index in [4.69, 9.17) is 21.1 Å². The van der Waals surface area contributed by atoms with E-state index in [1.165, 1.54) is 5.56 Å². The number of halogens is 1. The Labute approximate surface area is 204 Å². The molecule has 0 atom stereocenters. The molecule has 0 unspecified atom stereocenters. The topological polar surface area (TPSA) is 77.4 Å². The Morgan fingerprint density at radius 2 is 1.47 bits per heavy atom. The molecule has 0 radical (unpaired) electrons. The van der Waals surface area contributed by atoms with Crippen molar-refractivity contribution in [2.45, 2.75) is 33.1 Å². The second-order valence-electron chi connectivity index (χ2n) is 8.76. The second-order valence-corrected chi connectivity index (χ2v) is 9.20. The fraction of sp³-hybridized carbons (Fsp3) is 0.222. The standard InChI is InChI=1S/C27H26ClN3O3/c1-5-33-21-14-15-23(32)22(16-21)25-29-24(17-6-10-19(28)11-7-17)30-26(31-25)34-20-12-8-18(9-13-20)27(2,3)4/h6-16,32H,5H2,1-4H3. The van der Waals surface area contributed by atoms with Gasteiger partial charge < -0.3 is 14.6 Å². The van der Waals surface area contributed by atoms with Crippen molar-refractivity contribution in [1.82, 2.24) is 15.0 Å². The molecule has 0 fully saturated rings. The van der Waals surface area contributed by atoms with Crippen LogP contribution in [0.15, 0.2) is 66.7 Å². The van der Waals surface area contributed by atoms with E-state index in [-0.39, 0.29) is 23.0 Å². The molecule has 4 aromatic rings. The van der Waals surface area contributed by atoms with Crippen molar-refractivity contribution in [1.29, 1.82) is 0 Å². The first-order valence-corrected chi connectivity index (χ1v) is 11.4. The Morgan fingerprint density at radius 3 is 2.12 bits per heavy atom. The van der Waals surface area contributed by atoms with Crippen LogP contribution in [-0.4, -0.2) is 26.7 Å². The fourth-order valence-electron chi connectivity index (χ4n) is 3.33. The van der Waals surface area contributed by atoms with E-state index in [1.54, 1.807) is 30.3 Å². The van der Waals surface area contributed by atoms with E-state index < -0.39 is 0 Å². The molecular formula is C27H26ClN3O3. The number of aromatic nitrogens is 3. The molecule has 0 saturated carbocycles. The van der Waals surface area contributed by atoms with Gasteiger partial charge in [0.05, 0.1) is 12.2 Å². The lowest BCUT2D eigenvalue weighted by molar-refractivity contribution is 0.339. The zero-order chi connectivity index (χ0) is 24.3. The van der Waals surface area contributed by atoms with Gasteiger partial charge in [0, 0.05) is 10.6 Å². The van der Waals surface area contributed by atoms with Crippen molar-refractivity contribution in [3.63, 3.8) is 0 Å². The van der Waals surface area contributed by atoms with Crippen molar-refractivity contribution < 1.29 is 14.6 Å². The van der Waals surface area contributed by atoms with Gasteiger partial charge in [0.25, 0.3) is 0 Å². The average molecular weight is 476 g/mol. The van der Waals surface area contributed by atoms with Crippen LogP contribution in [0.4, 0.5) is 0 Å². The highest BCUT2D eigenvalue weighted by molar-refractivity contribution is 6.30. The number of phenols is 1. The average Bonchev–Trinajstić information content (AvgIpc) is 2.80. The lowest BCUT2D eigenvalue weighted by atomic mass is 9.87. The van der Waals surface area contributed by atoms with Gasteiger partial charge in [-0.15, -0.1) is 0 Å². The molecule has 34 heavy (non-hydrogen) atoms. The Balaban J connectivity index is 1.78. The van der Waals surface area contributed by atoms with Gasteiger partial charge in [0.15, 0.2) is 11.6 Å². The van der Waals surface area contributed by atoms with Gasteiger partial charge in [-0.3, -0.25) is 0 Å². The van der Waals surface area contributed by atoms with Crippen LogP contribution >= 0.6 is 11.6 Å². The molecule has 0 aliphatic heterocycles. The number of phenolic OH excluding ortho intramolecular Hbond substituents is 1. The zero-order valence-electron chi connectivity index (χ0n) is 19.5. The first kappa shape index (κ1) is 23.5. The van der Waals surface area contributed by atoms with Gasteiger partial charge in [0.2, 0.25) is 0 Å². The maximum Gasteiger partial charge on any atom is 0.326 e. The second kappa shape index (κ2) is 9.69. The number of benzene rings is 3. The molecule has 174 valence electrons. The summed E-state index contributed by atoms with van der Waals surface area (Å²) in [4.78, 5) is 13.6. The van der Waals surface area contributed by atoms with Crippen LogP contribution in [0.5, 0.6) is 23.3 Å². The van der Waals surface area contributed by atoms with Crippen molar-refractivity contribution >= 4 is 11.6 Å². The van der Waals surface area contributed by atoms with E-state index in [2.05, 4.69) is 35.7 Å². The maximum absolute atomic E-state index is 10.5. The molecule has 0 spiro atoms. The van der Waals surface area contributed by atoms with Gasteiger partial charge in [0.1, 0.15) is 17.2 Å². The summed E-state index contributed by atoms with van der Waals surface area (Å²) in [5, 5.41) is 11.1. The highest BCUT2D eigenvalue weighted by atomic mass is 35.5. The molecule has 1 aromatic heterocycles. The summed E-state index contributed by atoms with van der Waals surface area (Å²) >= 11 is 6.05. The predicted molar refractivity (Wildman–Crippen MR) is 134 cm³/mol. The summed E-state index contributed by atoms with van der Waals surface area (Å²) in [5.41, 5.74) is 2.37. The van der Waals surface area contributed by atoms with Crippen molar-refractivity contribution in [3.8, 4) is 46.0 Å². The summed E-state index contributed by atoms with van der Waals surface area (Å²) in [7, 11) is 0. The summed E-state index contributed by atoms with van der Waals surface area (Å²) < 4.78 is 11.6. The largest absolute Gasteiger partial charge is 0.507 e. The minimum absolute atomic E-state index is 0.0252. The number of ether oxygens (including phenoxy) is 2. The summed E-state index contributed by atoms with van der Waals surface area (Å²) in [6, 6.07) is 20.0. The summed E-state index contributed by atoms with van der Waals surface area (Å²) in [6.07, 6.45) is 0. The maximum atomic E-state index is 10.5. The number of hydrogen-bond donors (Lipinski definition) is 1. The predicted octanol–water partition coefficient (Wildman–Crippen LogP) is 7.05. The molecule has 0 aliphatic rings. The highest BCUT2D eigenvalue weighted by Crippen LogP contribution is 2.33. The minimum atomic E-state index is 0.0252. The van der Waals surface area contributed by atoms with Gasteiger partial charge in [-0.25, -0.2) is 4.98 Å². The van der Waals surface area contributed by atoms with Gasteiger partial charge >= 0.3 is 6.01 Å². The third-order valence-electron chi connectivity index (χ3n) is 5.17. The van der Waals surface area contributed by atoms with Crippen molar-refractivity contribution in [3.05, 3.63) is 77.3 Å². The monoisotopic (exact) mass is 475 g/mol. The van der Waals surface area contributed by atoms with E-state index in [1.807, 2.05) is 43.3 Å². The van der Waals surface area contributed by atoms with Crippen LogP contribution in [0.2, 0.25) is 5.02 Å². The van der Waals surface area contributed by atoms with Crippen molar-refractivity contribution in [2.24, 2.45) is 0 Å². The normalized spacial score (nSPS) is 11.3. The molecule has 0 amide bonds. The van der Waals surface area contributed by atoms with E-state index in [0.29, 0.717) is 34.5 Å². The molecule has 0 saturated heterocycles. The van der Waals surface area contributed by atoms with E-state index in [0.717, 1.165) is 5.56 Å².